The summed E-state index contributed by atoms with van der Waals surface area (Å²) in [7, 11) is 0.833. The lowest BCUT2D eigenvalue weighted by atomic mass is 10.0. The number of ether oxygens (including phenoxy) is 2. The molecular formula is C16H17ClF5N3O4. The summed E-state index contributed by atoms with van der Waals surface area (Å²) in [6.07, 6.45) is -4.01. The molecule has 7 nitrogen and oxygen atoms in total. The molecule has 13 heteroatoms. The number of pyridine rings is 1. The van der Waals surface area contributed by atoms with Gasteiger partial charge in [-0.2, -0.15) is 22.0 Å². The smallest absolute Gasteiger partial charge is 0.434 e. The SMILES string of the molecule is CCOC(=O)c1c(C(F)(F)F)nc(C(F)(F)Cl)c(C(=O)OC)c1NN1CCCC1. The van der Waals surface area contributed by atoms with Crippen molar-refractivity contribution in [3.8, 4) is 0 Å². The summed E-state index contributed by atoms with van der Waals surface area (Å²) < 4.78 is 77.8. The Kier molecular flexibility index (Phi) is 6.89. The predicted molar refractivity (Wildman–Crippen MR) is 90.7 cm³/mol. The summed E-state index contributed by atoms with van der Waals surface area (Å²) in [6.45, 7) is 1.70. The maximum absolute atomic E-state index is 13.9. The van der Waals surface area contributed by atoms with Gasteiger partial charge in [0.15, 0.2) is 5.69 Å². The van der Waals surface area contributed by atoms with Crippen LogP contribution in [0.5, 0.6) is 0 Å². The maximum atomic E-state index is 13.9. The predicted octanol–water partition coefficient (Wildman–Crippen LogP) is 3.77. The van der Waals surface area contributed by atoms with Crippen LogP contribution in [0.25, 0.3) is 0 Å². The highest BCUT2D eigenvalue weighted by Crippen LogP contribution is 2.43. The fourth-order valence-electron chi connectivity index (χ4n) is 2.80. The Labute approximate surface area is 167 Å². The van der Waals surface area contributed by atoms with Gasteiger partial charge in [-0.15, -0.1) is 0 Å². The number of carbonyl (C=O) groups is 2. The minimum Gasteiger partial charge on any atom is -0.465 e. The van der Waals surface area contributed by atoms with Gasteiger partial charge in [-0.3, -0.25) is 0 Å². The highest BCUT2D eigenvalue weighted by Gasteiger charge is 2.47. The van der Waals surface area contributed by atoms with Crippen LogP contribution in [0.15, 0.2) is 0 Å². The van der Waals surface area contributed by atoms with E-state index in [9.17, 15) is 31.5 Å². The van der Waals surface area contributed by atoms with E-state index in [-0.39, 0.29) is 6.61 Å². The van der Waals surface area contributed by atoms with Crippen LogP contribution < -0.4 is 5.43 Å². The number of aromatic nitrogens is 1. The van der Waals surface area contributed by atoms with Crippen molar-refractivity contribution >= 4 is 29.2 Å². The zero-order valence-corrected chi connectivity index (χ0v) is 16.1. The van der Waals surface area contributed by atoms with Crippen molar-refractivity contribution in [2.45, 2.75) is 31.3 Å². The topological polar surface area (TPSA) is 80.8 Å². The molecular weight excluding hydrogens is 429 g/mol. The minimum absolute atomic E-state index is 0.305. The van der Waals surface area contributed by atoms with Gasteiger partial charge in [0.1, 0.15) is 16.8 Å². The molecule has 162 valence electrons. The first-order valence-corrected chi connectivity index (χ1v) is 8.79. The van der Waals surface area contributed by atoms with Crippen molar-refractivity contribution in [3.05, 3.63) is 22.5 Å². The molecule has 0 aliphatic carbocycles. The largest absolute Gasteiger partial charge is 0.465 e. The number of hydrogen-bond donors (Lipinski definition) is 1. The van der Waals surface area contributed by atoms with Gasteiger partial charge < -0.3 is 14.9 Å². The second-order valence-corrected chi connectivity index (χ2v) is 6.42. The third-order valence-corrected chi connectivity index (χ3v) is 4.16. The Bertz CT molecular complexity index is 792. The number of rotatable bonds is 6. The highest BCUT2D eigenvalue weighted by molar-refractivity contribution is 6.22. The summed E-state index contributed by atoms with van der Waals surface area (Å²) in [5.74, 6) is -2.95. The van der Waals surface area contributed by atoms with Gasteiger partial charge in [-0.05, 0) is 31.4 Å². The molecule has 2 heterocycles. The molecule has 1 saturated heterocycles. The minimum atomic E-state index is -5.32. The first kappa shape index (κ1) is 23.1. The molecule has 1 N–H and O–H groups in total. The molecule has 1 aromatic rings. The standard InChI is InChI=1S/C16H17ClF5N3O4/c1-3-29-14(27)9-10(24-25-6-4-5-7-25)8(13(26)28-2)11(15(17,18)19)23-12(9)16(20,21)22/h3-7H2,1-2H3,(H,23,24). The number of halogens is 6. The lowest BCUT2D eigenvalue weighted by Gasteiger charge is -2.26. The lowest BCUT2D eigenvalue weighted by Crippen LogP contribution is -2.33. The monoisotopic (exact) mass is 445 g/mol. The van der Waals surface area contributed by atoms with E-state index in [0.717, 1.165) is 7.11 Å². The van der Waals surface area contributed by atoms with E-state index >= 15 is 0 Å². The number of hydrogen-bond acceptors (Lipinski definition) is 7. The summed E-state index contributed by atoms with van der Waals surface area (Å²) >= 11 is 4.94. The number of hydrazine groups is 1. The molecule has 0 bridgehead atoms. The van der Waals surface area contributed by atoms with E-state index in [1.807, 2.05) is 0 Å². The van der Waals surface area contributed by atoms with Gasteiger partial charge in [0.2, 0.25) is 0 Å². The van der Waals surface area contributed by atoms with Crippen LogP contribution in [0.4, 0.5) is 27.6 Å². The van der Waals surface area contributed by atoms with Crippen molar-refractivity contribution in [2.75, 3.05) is 32.2 Å². The van der Waals surface area contributed by atoms with Crippen LogP contribution in [0.3, 0.4) is 0 Å². The number of nitrogens with one attached hydrogen (secondary N) is 1. The van der Waals surface area contributed by atoms with Gasteiger partial charge in [-0.25, -0.2) is 19.6 Å². The van der Waals surface area contributed by atoms with E-state index in [1.54, 1.807) is 0 Å². The van der Waals surface area contributed by atoms with Crippen molar-refractivity contribution in [1.82, 2.24) is 9.99 Å². The Balaban J connectivity index is 2.92. The number of alkyl halides is 6. The van der Waals surface area contributed by atoms with Crippen molar-refractivity contribution in [3.63, 3.8) is 0 Å². The van der Waals surface area contributed by atoms with Gasteiger partial charge >= 0.3 is 23.5 Å². The molecule has 0 spiro atoms. The van der Waals surface area contributed by atoms with E-state index in [0.29, 0.717) is 25.9 Å². The molecule has 0 aromatic carbocycles. The van der Waals surface area contributed by atoms with E-state index in [2.05, 4.69) is 19.9 Å². The molecule has 2 rings (SSSR count). The summed E-state index contributed by atoms with van der Waals surface area (Å²) in [5, 5.41) is -3.08. The number of carbonyl (C=O) groups excluding carboxylic acids is 2. The second-order valence-electron chi connectivity index (χ2n) is 5.95. The molecule has 1 aliphatic rings. The average Bonchev–Trinajstić information content (AvgIpc) is 3.11. The van der Waals surface area contributed by atoms with Crippen LogP contribution in [-0.2, 0) is 21.0 Å². The first-order valence-electron chi connectivity index (χ1n) is 8.41. The zero-order chi connectivity index (χ0) is 22.0. The normalized spacial score (nSPS) is 15.3. The van der Waals surface area contributed by atoms with Crippen LogP contribution in [0, 0.1) is 0 Å². The fourth-order valence-corrected chi connectivity index (χ4v) is 2.93. The van der Waals surface area contributed by atoms with Crippen LogP contribution in [0.2, 0.25) is 0 Å². The van der Waals surface area contributed by atoms with Crippen LogP contribution >= 0.6 is 11.6 Å². The molecule has 0 atom stereocenters. The fraction of sp³-hybridized carbons (Fsp3) is 0.562. The van der Waals surface area contributed by atoms with Crippen molar-refractivity contribution in [1.29, 1.82) is 0 Å². The van der Waals surface area contributed by atoms with Gasteiger partial charge in [0, 0.05) is 13.1 Å². The maximum Gasteiger partial charge on any atom is 0.434 e. The van der Waals surface area contributed by atoms with Gasteiger partial charge in [0.05, 0.1) is 19.4 Å². The molecule has 1 aliphatic heterocycles. The van der Waals surface area contributed by atoms with Crippen molar-refractivity contribution in [2.24, 2.45) is 0 Å². The quantitative estimate of drug-likeness (QED) is 0.405. The Morgan fingerprint density at radius 2 is 1.66 bits per heavy atom. The second kappa shape index (κ2) is 8.66. The first-order chi connectivity index (χ1) is 13.4. The van der Waals surface area contributed by atoms with Crippen molar-refractivity contribution < 1.29 is 41.0 Å². The molecule has 0 amide bonds. The molecule has 1 aromatic heterocycles. The Morgan fingerprint density at radius 3 is 2.10 bits per heavy atom. The van der Waals surface area contributed by atoms with E-state index < -0.39 is 51.7 Å². The number of anilines is 1. The zero-order valence-electron chi connectivity index (χ0n) is 15.3. The van der Waals surface area contributed by atoms with Crippen LogP contribution in [-0.4, -0.2) is 48.7 Å². The summed E-state index contributed by atoms with van der Waals surface area (Å²) in [5.41, 5.74) is -4.34. The number of nitrogens with zero attached hydrogens (tertiary/aromatic N) is 2. The Morgan fingerprint density at radius 1 is 1.10 bits per heavy atom. The number of esters is 2. The highest BCUT2D eigenvalue weighted by atomic mass is 35.5. The molecule has 0 saturated carbocycles. The molecule has 29 heavy (non-hydrogen) atoms. The molecule has 0 radical (unpaired) electrons. The number of methoxy groups -OCH3 is 1. The average molecular weight is 446 g/mol. The van der Waals surface area contributed by atoms with Gasteiger partial charge in [-0.1, -0.05) is 0 Å². The third kappa shape index (κ3) is 5.04. The lowest BCUT2D eigenvalue weighted by molar-refractivity contribution is -0.142. The Hall–Kier alpha value is -2.21. The third-order valence-electron chi connectivity index (χ3n) is 3.98. The molecule has 0 unspecified atom stereocenters. The summed E-state index contributed by atoms with van der Waals surface area (Å²) in [4.78, 5) is 27.4. The molecule has 1 fully saturated rings. The van der Waals surface area contributed by atoms with E-state index in [1.165, 1.54) is 11.9 Å². The van der Waals surface area contributed by atoms with Crippen LogP contribution in [0.1, 0.15) is 51.9 Å². The summed E-state index contributed by atoms with van der Waals surface area (Å²) in [6, 6.07) is 0. The van der Waals surface area contributed by atoms with Gasteiger partial charge in [0.25, 0.3) is 0 Å². The van der Waals surface area contributed by atoms with E-state index in [4.69, 9.17) is 11.6 Å².